The summed E-state index contributed by atoms with van der Waals surface area (Å²) in [4.78, 5) is 7.11. The molecule has 0 amide bonds. The van der Waals surface area contributed by atoms with Crippen LogP contribution in [0.15, 0.2) is 60.9 Å². The number of hydrogen-bond acceptors (Lipinski definition) is 7. The number of ether oxygens (including phenoxy) is 1. The van der Waals surface area contributed by atoms with Gasteiger partial charge in [0.05, 0.1) is 27.6 Å². The Balaban J connectivity index is 1.87. The maximum atomic E-state index is 11.2. The zero-order valence-electron chi connectivity index (χ0n) is 15.5. The standard InChI is InChI=1S/C21H16Cl2N4O3/c22-17-5-3-13(10-18(17)23)26-19-6-4-15(30-9-7-24)11-16(19)20(28)27(21(26)29)14-2-1-8-25-12-14/h1-6,8,10-12,20-21,28-29H,9H2. The van der Waals surface area contributed by atoms with Crippen molar-refractivity contribution in [1.29, 1.82) is 5.26 Å². The van der Waals surface area contributed by atoms with Crippen LogP contribution >= 0.6 is 23.2 Å². The smallest absolute Gasteiger partial charge is 0.214 e. The van der Waals surface area contributed by atoms with E-state index in [4.69, 9.17) is 33.2 Å². The van der Waals surface area contributed by atoms with Gasteiger partial charge in [-0.3, -0.25) is 14.8 Å². The van der Waals surface area contributed by atoms with Crippen LogP contribution in [0.5, 0.6) is 5.75 Å². The number of hydrogen-bond donors (Lipinski definition) is 2. The van der Waals surface area contributed by atoms with Crippen molar-refractivity contribution in [1.82, 2.24) is 4.98 Å². The first-order valence-corrected chi connectivity index (χ1v) is 9.69. The molecule has 2 atom stereocenters. The molecule has 0 aliphatic carbocycles. The fourth-order valence-corrected chi connectivity index (χ4v) is 3.67. The topological polar surface area (TPSA) is 92.8 Å². The number of aliphatic hydroxyl groups is 2. The van der Waals surface area contributed by atoms with Crippen LogP contribution in [0.1, 0.15) is 11.8 Å². The van der Waals surface area contributed by atoms with Gasteiger partial charge in [0.2, 0.25) is 6.35 Å². The average Bonchev–Trinajstić information content (AvgIpc) is 2.76. The van der Waals surface area contributed by atoms with Gasteiger partial charge in [-0.15, -0.1) is 0 Å². The van der Waals surface area contributed by atoms with Crippen LogP contribution in [-0.4, -0.2) is 28.2 Å². The van der Waals surface area contributed by atoms with Gasteiger partial charge in [0.25, 0.3) is 0 Å². The normalized spacial score (nSPS) is 18.0. The summed E-state index contributed by atoms with van der Waals surface area (Å²) in [6.45, 7) is -0.125. The number of rotatable bonds is 4. The van der Waals surface area contributed by atoms with Gasteiger partial charge in [0, 0.05) is 17.4 Å². The first-order valence-electron chi connectivity index (χ1n) is 8.93. The van der Waals surface area contributed by atoms with Crippen molar-refractivity contribution in [3.05, 3.63) is 76.5 Å². The lowest BCUT2D eigenvalue weighted by atomic mass is 10.0. The molecule has 9 heteroatoms. The molecule has 0 radical (unpaired) electrons. The monoisotopic (exact) mass is 442 g/mol. The summed E-state index contributed by atoms with van der Waals surface area (Å²) < 4.78 is 5.39. The second-order valence-electron chi connectivity index (χ2n) is 6.47. The molecule has 1 aliphatic rings. The highest BCUT2D eigenvalue weighted by atomic mass is 35.5. The molecule has 2 heterocycles. The van der Waals surface area contributed by atoms with E-state index in [0.717, 1.165) is 0 Å². The molecule has 0 bridgehead atoms. The number of benzene rings is 2. The van der Waals surface area contributed by atoms with Crippen LogP contribution in [0.3, 0.4) is 0 Å². The van der Waals surface area contributed by atoms with E-state index in [1.54, 1.807) is 65.8 Å². The highest BCUT2D eigenvalue weighted by Crippen LogP contribution is 2.45. The van der Waals surface area contributed by atoms with E-state index < -0.39 is 12.6 Å². The molecule has 2 unspecified atom stereocenters. The van der Waals surface area contributed by atoms with Crippen LogP contribution in [0.2, 0.25) is 10.0 Å². The molecule has 1 aliphatic heterocycles. The molecular weight excluding hydrogens is 427 g/mol. The fraction of sp³-hybridized carbons (Fsp3) is 0.143. The molecule has 2 N–H and O–H groups in total. The van der Waals surface area contributed by atoms with Crippen LogP contribution < -0.4 is 14.5 Å². The lowest BCUT2D eigenvalue weighted by Gasteiger charge is -2.46. The number of anilines is 3. The van der Waals surface area contributed by atoms with E-state index in [2.05, 4.69) is 4.98 Å². The number of aromatic nitrogens is 1. The van der Waals surface area contributed by atoms with Gasteiger partial charge in [0.15, 0.2) is 12.8 Å². The fourth-order valence-electron chi connectivity index (χ4n) is 3.38. The van der Waals surface area contributed by atoms with Gasteiger partial charge >= 0.3 is 0 Å². The van der Waals surface area contributed by atoms with Crippen LogP contribution in [0, 0.1) is 11.3 Å². The minimum absolute atomic E-state index is 0.125. The maximum absolute atomic E-state index is 11.2. The molecule has 30 heavy (non-hydrogen) atoms. The Morgan fingerprint density at radius 2 is 1.90 bits per heavy atom. The summed E-state index contributed by atoms with van der Waals surface area (Å²) >= 11 is 12.3. The Hall–Kier alpha value is -3.02. The van der Waals surface area contributed by atoms with Gasteiger partial charge in [0.1, 0.15) is 11.8 Å². The summed E-state index contributed by atoms with van der Waals surface area (Å²) in [6.07, 6.45) is 0.689. The van der Waals surface area contributed by atoms with E-state index >= 15 is 0 Å². The molecule has 1 aromatic heterocycles. The lowest BCUT2D eigenvalue weighted by Crippen LogP contribution is -2.52. The van der Waals surface area contributed by atoms with Crippen LogP contribution in [-0.2, 0) is 0 Å². The minimum atomic E-state index is -1.26. The maximum Gasteiger partial charge on any atom is 0.214 e. The van der Waals surface area contributed by atoms with E-state index in [9.17, 15) is 10.2 Å². The van der Waals surface area contributed by atoms with E-state index in [1.807, 2.05) is 6.07 Å². The zero-order valence-corrected chi connectivity index (χ0v) is 17.0. The predicted octanol–water partition coefficient (Wildman–Crippen LogP) is 4.22. The van der Waals surface area contributed by atoms with E-state index in [-0.39, 0.29) is 6.61 Å². The zero-order chi connectivity index (χ0) is 21.3. The predicted molar refractivity (Wildman–Crippen MR) is 114 cm³/mol. The third-order valence-corrected chi connectivity index (χ3v) is 5.45. The highest BCUT2D eigenvalue weighted by molar-refractivity contribution is 6.42. The van der Waals surface area contributed by atoms with Crippen molar-refractivity contribution in [3.63, 3.8) is 0 Å². The van der Waals surface area contributed by atoms with Crippen LogP contribution in [0.25, 0.3) is 0 Å². The molecule has 0 fully saturated rings. The second kappa shape index (κ2) is 8.38. The Bertz CT molecular complexity index is 1110. The van der Waals surface area contributed by atoms with E-state index in [1.165, 1.54) is 4.90 Å². The summed E-state index contributed by atoms with van der Waals surface area (Å²) in [7, 11) is 0. The summed E-state index contributed by atoms with van der Waals surface area (Å²) in [5.74, 6) is 0.422. The van der Waals surface area contributed by atoms with Gasteiger partial charge in [-0.05, 0) is 48.5 Å². The number of nitriles is 1. The number of aliphatic hydroxyl groups excluding tert-OH is 2. The summed E-state index contributed by atoms with van der Waals surface area (Å²) in [5.41, 5.74) is 2.12. The Morgan fingerprint density at radius 3 is 2.60 bits per heavy atom. The van der Waals surface area contributed by atoms with Crippen molar-refractivity contribution in [3.8, 4) is 11.8 Å². The molecule has 2 aromatic carbocycles. The van der Waals surface area contributed by atoms with Crippen molar-refractivity contribution < 1.29 is 14.9 Å². The van der Waals surface area contributed by atoms with Crippen molar-refractivity contribution in [2.24, 2.45) is 0 Å². The second-order valence-corrected chi connectivity index (χ2v) is 7.29. The summed E-state index contributed by atoms with van der Waals surface area (Å²) in [5, 5.41) is 31.8. The van der Waals surface area contributed by atoms with Gasteiger partial charge in [-0.2, -0.15) is 5.26 Å². The highest BCUT2D eigenvalue weighted by Gasteiger charge is 2.39. The number of nitrogens with zero attached hydrogens (tertiary/aromatic N) is 4. The Morgan fingerprint density at radius 1 is 1.07 bits per heavy atom. The third-order valence-electron chi connectivity index (χ3n) is 4.71. The van der Waals surface area contributed by atoms with Crippen molar-refractivity contribution in [2.45, 2.75) is 12.6 Å². The molecular formula is C21H16Cl2N4O3. The van der Waals surface area contributed by atoms with Crippen molar-refractivity contribution >= 4 is 40.3 Å². The molecule has 152 valence electrons. The largest absolute Gasteiger partial charge is 0.479 e. The number of pyridine rings is 1. The van der Waals surface area contributed by atoms with Gasteiger partial charge in [-0.1, -0.05) is 23.2 Å². The lowest BCUT2D eigenvalue weighted by molar-refractivity contribution is 0.0777. The Labute approximate surface area is 182 Å². The molecule has 0 saturated carbocycles. The quantitative estimate of drug-likeness (QED) is 0.624. The number of fused-ring (bicyclic) bond motifs is 1. The number of halogens is 2. The average molecular weight is 443 g/mol. The SMILES string of the molecule is N#CCOc1ccc2c(c1)C(O)N(c1cccnc1)C(O)N2c1ccc(Cl)c(Cl)c1. The first kappa shape index (κ1) is 20.3. The van der Waals surface area contributed by atoms with Gasteiger partial charge in [-0.25, -0.2) is 0 Å². The first-order chi connectivity index (χ1) is 14.5. The molecule has 0 saturated heterocycles. The van der Waals surface area contributed by atoms with E-state index in [0.29, 0.717) is 38.4 Å². The molecule has 0 spiro atoms. The third kappa shape index (κ3) is 3.62. The molecule has 7 nitrogen and oxygen atoms in total. The van der Waals surface area contributed by atoms with Crippen LogP contribution in [0.4, 0.5) is 17.1 Å². The molecule has 3 aromatic rings. The molecule has 4 rings (SSSR count). The minimum Gasteiger partial charge on any atom is -0.479 e. The van der Waals surface area contributed by atoms with Gasteiger partial charge < -0.3 is 14.9 Å². The van der Waals surface area contributed by atoms with Crippen molar-refractivity contribution in [2.75, 3.05) is 16.4 Å². The summed E-state index contributed by atoms with van der Waals surface area (Å²) in [6, 6.07) is 15.4. The Kier molecular flexibility index (Phi) is 5.66.